The van der Waals surface area contributed by atoms with Crippen LogP contribution in [0.25, 0.3) is 0 Å². The SMILES string of the molecule is CC(C)NC(=O)N1CC(CN)CC1C. The van der Waals surface area contributed by atoms with Crippen LogP contribution < -0.4 is 11.1 Å². The molecule has 1 aliphatic rings. The number of carbonyl (C=O) groups is 1. The van der Waals surface area contributed by atoms with Gasteiger partial charge < -0.3 is 16.0 Å². The van der Waals surface area contributed by atoms with Crippen molar-refractivity contribution in [3.63, 3.8) is 0 Å². The summed E-state index contributed by atoms with van der Waals surface area (Å²) in [6.07, 6.45) is 1.03. The molecule has 2 unspecified atom stereocenters. The summed E-state index contributed by atoms with van der Waals surface area (Å²) in [5, 5.41) is 2.91. The lowest BCUT2D eigenvalue weighted by Crippen LogP contribution is -2.44. The summed E-state index contributed by atoms with van der Waals surface area (Å²) in [6, 6.07) is 0.567. The zero-order valence-corrected chi connectivity index (χ0v) is 9.29. The first-order valence-electron chi connectivity index (χ1n) is 5.31. The van der Waals surface area contributed by atoms with Crippen LogP contribution >= 0.6 is 0 Å². The van der Waals surface area contributed by atoms with E-state index in [1.54, 1.807) is 0 Å². The highest BCUT2D eigenvalue weighted by molar-refractivity contribution is 5.75. The largest absolute Gasteiger partial charge is 0.336 e. The second kappa shape index (κ2) is 4.64. The Balaban J connectivity index is 2.48. The molecule has 0 aromatic carbocycles. The van der Waals surface area contributed by atoms with Gasteiger partial charge in [-0.15, -0.1) is 0 Å². The number of nitrogens with one attached hydrogen (secondary N) is 1. The summed E-state index contributed by atoms with van der Waals surface area (Å²) >= 11 is 0. The molecule has 0 radical (unpaired) electrons. The van der Waals surface area contributed by atoms with Gasteiger partial charge in [0.2, 0.25) is 0 Å². The fourth-order valence-corrected chi connectivity index (χ4v) is 1.93. The minimum atomic E-state index is 0.0449. The molecule has 0 aliphatic carbocycles. The van der Waals surface area contributed by atoms with Crippen molar-refractivity contribution in [3.05, 3.63) is 0 Å². The third kappa shape index (κ3) is 2.61. The fraction of sp³-hybridized carbons (Fsp3) is 0.900. The van der Waals surface area contributed by atoms with E-state index in [1.807, 2.05) is 18.7 Å². The normalized spacial score (nSPS) is 27.1. The van der Waals surface area contributed by atoms with Crippen molar-refractivity contribution in [2.45, 2.75) is 39.3 Å². The number of nitrogens with zero attached hydrogens (tertiary/aromatic N) is 1. The van der Waals surface area contributed by atoms with Crippen molar-refractivity contribution in [1.82, 2.24) is 10.2 Å². The molecular formula is C10H21N3O. The Hall–Kier alpha value is -0.770. The predicted octanol–water partition coefficient (Wildman–Crippen LogP) is 0.773. The predicted molar refractivity (Wildman–Crippen MR) is 57.0 cm³/mol. The Bertz CT molecular complexity index is 206. The first-order valence-corrected chi connectivity index (χ1v) is 5.31. The van der Waals surface area contributed by atoms with Crippen LogP contribution in [-0.4, -0.2) is 36.1 Å². The molecule has 3 N–H and O–H groups in total. The molecule has 2 atom stereocenters. The number of carbonyl (C=O) groups excluding carboxylic acids is 1. The molecule has 1 fully saturated rings. The molecule has 0 bridgehead atoms. The van der Waals surface area contributed by atoms with Gasteiger partial charge in [-0.05, 0) is 39.7 Å². The molecule has 2 amide bonds. The number of hydrogen-bond acceptors (Lipinski definition) is 2. The number of hydrogen-bond donors (Lipinski definition) is 2. The maximum Gasteiger partial charge on any atom is 0.317 e. The zero-order chi connectivity index (χ0) is 10.7. The van der Waals surface area contributed by atoms with Crippen molar-refractivity contribution in [1.29, 1.82) is 0 Å². The van der Waals surface area contributed by atoms with Crippen molar-refractivity contribution in [2.24, 2.45) is 11.7 Å². The second-order valence-electron chi connectivity index (χ2n) is 4.44. The van der Waals surface area contributed by atoms with Crippen LogP contribution in [0.1, 0.15) is 27.2 Å². The van der Waals surface area contributed by atoms with E-state index < -0.39 is 0 Å². The molecule has 14 heavy (non-hydrogen) atoms. The molecule has 0 saturated carbocycles. The molecule has 1 heterocycles. The van der Waals surface area contributed by atoms with Gasteiger partial charge in [-0.2, -0.15) is 0 Å². The smallest absolute Gasteiger partial charge is 0.317 e. The molecule has 1 rings (SSSR count). The van der Waals surface area contributed by atoms with Crippen LogP contribution in [0.4, 0.5) is 4.79 Å². The molecular weight excluding hydrogens is 178 g/mol. The highest BCUT2D eigenvalue weighted by Crippen LogP contribution is 2.21. The van der Waals surface area contributed by atoms with Gasteiger partial charge >= 0.3 is 6.03 Å². The van der Waals surface area contributed by atoms with Gasteiger partial charge in [0.1, 0.15) is 0 Å². The average molecular weight is 199 g/mol. The van der Waals surface area contributed by atoms with Crippen molar-refractivity contribution in [2.75, 3.05) is 13.1 Å². The Morgan fingerprint density at radius 2 is 2.29 bits per heavy atom. The Morgan fingerprint density at radius 3 is 2.71 bits per heavy atom. The molecule has 0 aromatic heterocycles. The first kappa shape index (κ1) is 11.3. The standard InChI is InChI=1S/C10H21N3O/c1-7(2)12-10(14)13-6-9(5-11)4-8(13)3/h7-9H,4-6,11H2,1-3H3,(H,12,14). The van der Waals surface area contributed by atoms with Gasteiger partial charge in [0.05, 0.1) is 0 Å². The molecule has 1 saturated heterocycles. The van der Waals surface area contributed by atoms with Gasteiger partial charge in [0, 0.05) is 18.6 Å². The van der Waals surface area contributed by atoms with Crippen molar-refractivity contribution >= 4 is 6.03 Å². The topological polar surface area (TPSA) is 58.4 Å². The number of nitrogens with two attached hydrogens (primary N) is 1. The van der Waals surface area contributed by atoms with E-state index in [4.69, 9.17) is 5.73 Å². The highest BCUT2D eigenvalue weighted by Gasteiger charge is 2.31. The van der Waals surface area contributed by atoms with Gasteiger partial charge in [-0.3, -0.25) is 0 Å². The molecule has 0 spiro atoms. The van der Waals surface area contributed by atoms with Crippen molar-refractivity contribution < 1.29 is 4.79 Å². The maximum atomic E-state index is 11.7. The number of amides is 2. The molecule has 1 aliphatic heterocycles. The summed E-state index contributed by atoms with van der Waals surface area (Å²) in [4.78, 5) is 13.6. The van der Waals surface area contributed by atoms with Crippen LogP contribution in [0.3, 0.4) is 0 Å². The maximum absolute atomic E-state index is 11.7. The highest BCUT2D eigenvalue weighted by atomic mass is 16.2. The van der Waals surface area contributed by atoms with E-state index >= 15 is 0 Å². The Kier molecular flexibility index (Phi) is 3.75. The number of likely N-dealkylation sites (tertiary alicyclic amines) is 1. The lowest BCUT2D eigenvalue weighted by atomic mass is 10.1. The van der Waals surface area contributed by atoms with Gasteiger partial charge in [-0.1, -0.05) is 0 Å². The molecule has 0 aromatic rings. The third-order valence-electron chi connectivity index (χ3n) is 2.67. The summed E-state index contributed by atoms with van der Waals surface area (Å²) in [6.45, 7) is 7.50. The van der Waals surface area contributed by atoms with E-state index in [1.165, 1.54) is 0 Å². The molecule has 4 nitrogen and oxygen atoms in total. The quantitative estimate of drug-likeness (QED) is 0.690. The van der Waals surface area contributed by atoms with E-state index in [0.717, 1.165) is 13.0 Å². The summed E-state index contributed by atoms with van der Waals surface area (Å²) in [7, 11) is 0. The van der Waals surface area contributed by atoms with Crippen LogP contribution in [-0.2, 0) is 0 Å². The monoisotopic (exact) mass is 199 g/mol. The minimum Gasteiger partial charge on any atom is -0.336 e. The summed E-state index contributed by atoms with van der Waals surface area (Å²) in [5.74, 6) is 0.475. The average Bonchev–Trinajstić information content (AvgIpc) is 2.45. The van der Waals surface area contributed by atoms with E-state index in [-0.39, 0.29) is 12.1 Å². The fourth-order valence-electron chi connectivity index (χ4n) is 1.93. The second-order valence-corrected chi connectivity index (χ2v) is 4.44. The minimum absolute atomic E-state index is 0.0449. The van der Waals surface area contributed by atoms with Crippen LogP contribution in [0, 0.1) is 5.92 Å². The zero-order valence-electron chi connectivity index (χ0n) is 9.29. The summed E-state index contributed by atoms with van der Waals surface area (Å²) < 4.78 is 0. The Morgan fingerprint density at radius 1 is 1.64 bits per heavy atom. The van der Waals surface area contributed by atoms with Gasteiger partial charge in [0.25, 0.3) is 0 Å². The van der Waals surface area contributed by atoms with Crippen LogP contribution in [0.15, 0.2) is 0 Å². The lowest BCUT2D eigenvalue weighted by Gasteiger charge is -2.23. The first-order chi connectivity index (χ1) is 6.54. The van der Waals surface area contributed by atoms with E-state index in [0.29, 0.717) is 18.5 Å². The Labute approximate surface area is 85.8 Å². The van der Waals surface area contributed by atoms with E-state index in [2.05, 4.69) is 12.2 Å². The van der Waals surface area contributed by atoms with Crippen LogP contribution in [0.2, 0.25) is 0 Å². The third-order valence-corrected chi connectivity index (χ3v) is 2.67. The number of urea groups is 1. The summed E-state index contributed by atoms with van der Waals surface area (Å²) in [5.41, 5.74) is 5.60. The molecule has 82 valence electrons. The van der Waals surface area contributed by atoms with Crippen LogP contribution in [0.5, 0.6) is 0 Å². The lowest BCUT2D eigenvalue weighted by molar-refractivity contribution is 0.192. The number of rotatable bonds is 2. The van der Waals surface area contributed by atoms with E-state index in [9.17, 15) is 4.79 Å². The van der Waals surface area contributed by atoms with Gasteiger partial charge in [-0.25, -0.2) is 4.79 Å². The van der Waals surface area contributed by atoms with Crippen molar-refractivity contribution in [3.8, 4) is 0 Å². The molecule has 4 heteroatoms. The van der Waals surface area contributed by atoms with Gasteiger partial charge in [0.15, 0.2) is 0 Å².